The first-order valence-electron chi connectivity index (χ1n) is 43.3. The Labute approximate surface area is 652 Å². The molecule has 4 N–H and O–H groups in total. The average molecular weight is 1470 g/mol. The molecule has 0 saturated heterocycles. The smallest absolute Gasteiger partial charge is 0.127 e. The molecule has 8 aromatic rings. The van der Waals surface area contributed by atoms with Gasteiger partial charge in [0.25, 0.3) is 0 Å². The Balaban J connectivity index is 1.33. The van der Waals surface area contributed by atoms with Gasteiger partial charge in [0.15, 0.2) is 0 Å². The number of hydrogen-bond donors (Lipinski definition) is 4. The van der Waals surface area contributed by atoms with Gasteiger partial charge >= 0.3 is 0 Å². The Morgan fingerprint density at radius 2 is 0.389 bits per heavy atom. The standard InChI is InChI=1S/C100H136O8/c1-5-9-13-17-21-25-29-33-49-61-81-85-65-86(94(102)69-93(85)101)82(62-50-34-30-26-22-18-14-10-6-2)91-68-92(100(108-76-80-59-47-40-48-60-80)72-99(91)107-75-79-57-45-39-46-58-79)84(64-52-36-32-28-24-20-16-12-8-4)88-67-90(98(71-96(88)104)106-74-78-55-43-38-44-56-78)83(63-51-35-31-27-23-19-15-11-7-3)87-66-89(81)97(70-95(87)103)105-73-77-53-41-37-42-54-77/h37-48,53-60,65-72,81-84,101-104H,5-36,49-52,61-64,73-76H2,1-4H3/t81-,82+,83-,84-/m0/s1. The number of unbranched alkanes of at least 4 members (excludes halogenated alkanes) is 32. The number of ether oxygens (including phenoxy) is 4. The van der Waals surface area contributed by atoms with Gasteiger partial charge in [-0.2, -0.15) is 0 Å². The molecule has 0 aromatic heterocycles. The molecule has 1 aliphatic rings. The van der Waals surface area contributed by atoms with Gasteiger partial charge in [-0.3, -0.25) is 0 Å². The molecule has 0 radical (unpaired) electrons. The number of hydrogen-bond acceptors (Lipinski definition) is 8. The van der Waals surface area contributed by atoms with E-state index < -0.39 is 23.7 Å². The minimum atomic E-state index is -0.434. The van der Waals surface area contributed by atoms with E-state index in [2.05, 4.69) is 131 Å². The molecule has 0 spiro atoms. The van der Waals surface area contributed by atoms with E-state index in [1.54, 1.807) is 6.07 Å². The maximum Gasteiger partial charge on any atom is 0.127 e. The molecule has 0 heterocycles. The lowest BCUT2D eigenvalue weighted by Gasteiger charge is -2.31. The Hall–Kier alpha value is -7.84. The van der Waals surface area contributed by atoms with Gasteiger partial charge in [-0.15, -0.1) is 0 Å². The summed E-state index contributed by atoms with van der Waals surface area (Å²) >= 11 is 0. The van der Waals surface area contributed by atoms with Crippen LogP contribution >= 0.6 is 0 Å². The lowest BCUT2D eigenvalue weighted by atomic mass is 9.76. The van der Waals surface area contributed by atoms with E-state index in [0.717, 1.165) is 144 Å². The highest BCUT2D eigenvalue weighted by molar-refractivity contribution is 5.63. The predicted molar refractivity (Wildman–Crippen MR) is 450 cm³/mol. The van der Waals surface area contributed by atoms with Crippen LogP contribution in [0, 0.1) is 0 Å². The maximum atomic E-state index is 13.5. The number of phenols is 4. The van der Waals surface area contributed by atoms with Crippen LogP contribution in [0.1, 0.15) is 375 Å². The SMILES string of the molecule is CCCCCCCCCCC[C@@H]1c2cc(c(O)cc2O)[C@H](CCCCCCCCCCC)c2cc(c(O)cc2OCc2ccccc2)[C@H](CCCCCCCCCCC)c2cc(c(O)cc2OCc2ccccc2)[C@H](CCCCCCCCCCC)c2cc1c(OCc1ccccc1)cc2OCc1ccccc1. The minimum absolute atomic E-state index is 0.0293. The zero-order valence-electron chi connectivity index (χ0n) is 67.0. The van der Waals surface area contributed by atoms with E-state index in [1.165, 1.54) is 154 Å². The molecule has 0 saturated carbocycles. The van der Waals surface area contributed by atoms with E-state index in [0.29, 0.717) is 61.9 Å². The molecule has 0 fully saturated rings. The van der Waals surface area contributed by atoms with Crippen LogP contribution in [0.4, 0.5) is 0 Å². The summed E-state index contributed by atoms with van der Waals surface area (Å²) in [4.78, 5) is 0. The van der Waals surface area contributed by atoms with E-state index >= 15 is 0 Å². The molecular formula is C100H136O8. The fourth-order valence-corrected chi connectivity index (χ4v) is 16.6. The quantitative estimate of drug-likeness (QED) is 0.0279. The second-order valence-electron chi connectivity index (χ2n) is 31.6. The number of fused-ring (bicyclic) bond motifs is 8. The fraction of sp³-hybridized carbons (Fsp3) is 0.520. The maximum absolute atomic E-state index is 13.5. The first-order valence-corrected chi connectivity index (χ1v) is 43.3. The second kappa shape index (κ2) is 48.6. The van der Waals surface area contributed by atoms with Gasteiger partial charge < -0.3 is 39.4 Å². The molecule has 8 bridgehead atoms. The molecule has 1 aliphatic carbocycles. The first kappa shape index (κ1) is 84.2. The highest BCUT2D eigenvalue weighted by Crippen LogP contribution is 2.54. The number of benzene rings is 8. The molecule has 584 valence electrons. The van der Waals surface area contributed by atoms with Crippen LogP contribution in [0.3, 0.4) is 0 Å². The van der Waals surface area contributed by atoms with Crippen molar-refractivity contribution in [1.29, 1.82) is 0 Å². The van der Waals surface area contributed by atoms with Crippen LogP contribution in [-0.2, 0) is 26.4 Å². The zero-order valence-corrected chi connectivity index (χ0v) is 67.0. The fourth-order valence-electron chi connectivity index (χ4n) is 16.6. The second-order valence-corrected chi connectivity index (χ2v) is 31.6. The predicted octanol–water partition coefficient (Wildman–Crippen LogP) is 29.3. The van der Waals surface area contributed by atoms with Crippen molar-refractivity contribution in [3.05, 3.63) is 237 Å². The molecule has 8 heteroatoms. The minimum Gasteiger partial charge on any atom is -0.508 e. The van der Waals surface area contributed by atoms with Crippen LogP contribution < -0.4 is 18.9 Å². The Kier molecular flexibility index (Phi) is 37.9. The third kappa shape index (κ3) is 27.3. The number of rotatable bonds is 52. The highest BCUT2D eigenvalue weighted by atomic mass is 16.5. The van der Waals surface area contributed by atoms with Crippen molar-refractivity contribution in [3.8, 4) is 46.0 Å². The van der Waals surface area contributed by atoms with Gasteiger partial charge in [-0.25, -0.2) is 0 Å². The third-order valence-corrected chi connectivity index (χ3v) is 23.0. The van der Waals surface area contributed by atoms with Gasteiger partial charge in [-0.05, 0) is 72.2 Å². The topological polar surface area (TPSA) is 118 Å². The average Bonchev–Trinajstić information content (AvgIpc) is 0.753. The summed E-state index contributed by atoms with van der Waals surface area (Å²) in [7, 11) is 0. The van der Waals surface area contributed by atoms with Crippen molar-refractivity contribution in [3.63, 3.8) is 0 Å². The van der Waals surface area contributed by atoms with Gasteiger partial charge in [0.1, 0.15) is 72.4 Å². The lowest BCUT2D eigenvalue weighted by molar-refractivity contribution is 0.283. The van der Waals surface area contributed by atoms with Crippen molar-refractivity contribution in [2.24, 2.45) is 0 Å². The first-order chi connectivity index (χ1) is 53.2. The molecule has 8 nitrogen and oxygen atoms in total. The molecule has 108 heavy (non-hydrogen) atoms. The summed E-state index contributed by atoms with van der Waals surface area (Å²) in [6.45, 7) is 10.3. The van der Waals surface area contributed by atoms with Crippen LogP contribution in [0.25, 0.3) is 0 Å². The molecule has 8 aromatic carbocycles. The Morgan fingerprint density at radius 3 is 0.620 bits per heavy atom. The van der Waals surface area contributed by atoms with Crippen LogP contribution in [0.5, 0.6) is 46.0 Å². The van der Waals surface area contributed by atoms with E-state index in [1.807, 2.05) is 60.7 Å². The Bertz CT molecular complexity index is 3740. The van der Waals surface area contributed by atoms with Crippen LogP contribution in [0.2, 0.25) is 0 Å². The van der Waals surface area contributed by atoms with Crippen molar-refractivity contribution < 1.29 is 39.4 Å². The third-order valence-electron chi connectivity index (χ3n) is 23.0. The van der Waals surface area contributed by atoms with Crippen molar-refractivity contribution in [1.82, 2.24) is 0 Å². The van der Waals surface area contributed by atoms with Gasteiger partial charge in [-0.1, -0.05) is 380 Å². The number of phenolic OH excluding ortho intramolecular Hbond substituents is 4. The summed E-state index contributed by atoms with van der Waals surface area (Å²) in [5.41, 5.74) is 10.7. The van der Waals surface area contributed by atoms with E-state index in [4.69, 9.17) is 18.9 Å². The Morgan fingerprint density at radius 1 is 0.204 bits per heavy atom. The van der Waals surface area contributed by atoms with Gasteiger partial charge in [0.05, 0.1) is 0 Å². The molecule has 0 amide bonds. The molecule has 4 atom stereocenters. The summed E-state index contributed by atoms with van der Waals surface area (Å²) in [6, 6.07) is 57.8. The summed E-state index contributed by atoms with van der Waals surface area (Å²) in [5, 5.41) is 53.0. The van der Waals surface area contributed by atoms with E-state index in [-0.39, 0.29) is 36.2 Å². The summed E-state index contributed by atoms with van der Waals surface area (Å²) in [5.74, 6) is 1.16. The summed E-state index contributed by atoms with van der Waals surface area (Å²) in [6.07, 6.45) is 44.7. The van der Waals surface area contributed by atoms with Crippen molar-refractivity contribution in [2.45, 2.75) is 335 Å². The van der Waals surface area contributed by atoms with Crippen molar-refractivity contribution in [2.75, 3.05) is 0 Å². The van der Waals surface area contributed by atoms with Crippen molar-refractivity contribution >= 4 is 0 Å². The van der Waals surface area contributed by atoms with E-state index in [9.17, 15) is 20.4 Å². The lowest BCUT2D eigenvalue weighted by Crippen LogP contribution is -2.14. The van der Waals surface area contributed by atoms with Gasteiger partial charge in [0, 0.05) is 92.4 Å². The van der Waals surface area contributed by atoms with Crippen LogP contribution in [0.15, 0.2) is 170 Å². The molecule has 9 rings (SSSR count). The largest absolute Gasteiger partial charge is 0.508 e. The molecule has 0 unspecified atom stereocenters. The zero-order chi connectivity index (χ0) is 75.6. The molecule has 0 aliphatic heterocycles. The highest BCUT2D eigenvalue weighted by Gasteiger charge is 2.35. The van der Waals surface area contributed by atoms with Gasteiger partial charge in [0.2, 0.25) is 0 Å². The van der Waals surface area contributed by atoms with Crippen LogP contribution in [-0.4, -0.2) is 20.4 Å². The normalized spacial score (nSPS) is 14.8. The monoisotopic (exact) mass is 1470 g/mol. The summed E-state index contributed by atoms with van der Waals surface area (Å²) < 4.78 is 29.0. The molecular weight excluding hydrogens is 1330 g/mol. The number of aromatic hydroxyl groups is 4.